The summed E-state index contributed by atoms with van der Waals surface area (Å²) in [6.45, 7) is 1.97. The summed E-state index contributed by atoms with van der Waals surface area (Å²) in [5, 5.41) is 0. The maximum atomic E-state index is 12.3. The fraction of sp³-hybridized carbons (Fsp3) is 0.588. The van der Waals surface area contributed by atoms with E-state index in [-0.39, 0.29) is 0 Å². The van der Waals surface area contributed by atoms with Crippen LogP contribution in [0, 0.1) is 5.41 Å². The highest BCUT2D eigenvalue weighted by molar-refractivity contribution is 5.76. The van der Waals surface area contributed by atoms with Crippen LogP contribution in [0.25, 0.3) is 0 Å². The van der Waals surface area contributed by atoms with Crippen LogP contribution in [0.5, 0.6) is 5.75 Å². The van der Waals surface area contributed by atoms with Gasteiger partial charge in [0.05, 0.1) is 7.11 Å². The van der Waals surface area contributed by atoms with Crippen LogP contribution in [0.3, 0.4) is 0 Å². The minimum atomic E-state index is 0.326. The Morgan fingerprint density at radius 2 is 2.00 bits per heavy atom. The molecule has 1 amide bonds. The van der Waals surface area contributed by atoms with Crippen molar-refractivity contribution in [3.05, 3.63) is 29.8 Å². The predicted octanol–water partition coefficient (Wildman–Crippen LogP) is 3.03. The lowest BCUT2D eigenvalue weighted by atomic mass is 9.94. The molecule has 2 fully saturated rings. The van der Waals surface area contributed by atoms with Gasteiger partial charge in [0.2, 0.25) is 5.91 Å². The molecule has 3 nitrogen and oxygen atoms in total. The second-order valence-corrected chi connectivity index (χ2v) is 6.27. The van der Waals surface area contributed by atoms with Gasteiger partial charge in [-0.1, -0.05) is 12.1 Å². The molecular weight excluding hydrogens is 250 g/mol. The van der Waals surface area contributed by atoms with Gasteiger partial charge in [-0.05, 0) is 55.2 Å². The Hall–Kier alpha value is -1.51. The van der Waals surface area contributed by atoms with Crippen molar-refractivity contribution in [2.45, 2.75) is 38.5 Å². The number of hydrogen-bond donors (Lipinski definition) is 0. The molecule has 108 valence electrons. The van der Waals surface area contributed by atoms with Crippen molar-refractivity contribution in [1.29, 1.82) is 0 Å². The standard InChI is InChI=1S/C17H23NO2/c1-20-15-6-3-14(4-7-15)5-8-16(19)18-12-2-9-17(13-18)10-11-17/h3-4,6-7H,2,5,8-13H2,1H3. The zero-order valence-electron chi connectivity index (χ0n) is 12.2. The SMILES string of the molecule is COc1ccc(CCC(=O)N2CCCC3(CC3)C2)cc1. The third-order valence-electron chi connectivity index (χ3n) is 4.76. The highest BCUT2D eigenvalue weighted by atomic mass is 16.5. The van der Waals surface area contributed by atoms with E-state index in [0.29, 0.717) is 17.7 Å². The first-order valence-electron chi connectivity index (χ1n) is 7.62. The molecule has 1 aliphatic carbocycles. The van der Waals surface area contributed by atoms with Gasteiger partial charge >= 0.3 is 0 Å². The monoisotopic (exact) mass is 273 g/mol. The van der Waals surface area contributed by atoms with Crippen LogP contribution in [-0.2, 0) is 11.2 Å². The average Bonchev–Trinajstić information content (AvgIpc) is 3.24. The minimum absolute atomic E-state index is 0.326. The Kier molecular flexibility index (Phi) is 3.68. The quantitative estimate of drug-likeness (QED) is 0.844. The van der Waals surface area contributed by atoms with Gasteiger partial charge in [-0.3, -0.25) is 4.79 Å². The molecule has 1 aliphatic heterocycles. The lowest BCUT2D eigenvalue weighted by Crippen LogP contribution is -2.40. The molecular formula is C17H23NO2. The lowest BCUT2D eigenvalue weighted by Gasteiger charge is -2.33. The van der Waals surface area contributed by atoms with Crippen molar-refractivity contribution in [2.75, 3.05) is 20.2 Å². The van der Waals surface area contributed by atoms with Gasteiger partial charge in [-0.25, -0.2) is 0 Å². The Balaban J connectivity index is 1.50. The normalized spacial score (nSPS) is 19.9. The number of likely N-dealkylation sites (tertiary alicyclic amines) is 1. The summed E-state index contributed by atoms with van der Waals surface area (Å²) >= 11 is 0. The van der Waals surface area contributed by atoms with Crippen LogP contribution in [0.2, 0.25) is 0 Å². The Morgan fingerprint density at radius 1 is 1.25 bits per heavy atom. The number of carbonyl (C=O) groups excluding carboxylic acids is 1. The van der Waals surface area contributed by atoms with E-state index in [1.165, 1.54) is 31.2 Å². The molecule has 0 bridgehead atoms. The van der Waals surface area contributed by atoms with Crippen molar-refractivity contribution in [2.24, 2.45) is 5.41 Å². The molecule has 1 aromatic rings. The zero-order chi connectivity index (χ0) is 14.0. The van der Waals surface area contributed by atoms with E-state index in [1.807, 2.05) is 24.3 Å². The summed E-state index contributed by atoms with van der Waals surface area (Å²) in [5.41, 5.74) is 1.73. The number of ether oxygens (including phenoxy) is 1. The number of rotatable bonds is 4. The summed E-state index contributed by atoms with van der Waals surface area (Å²) in [6, 6.07) is 8.01. The number of piperidine rings is 1. The molecule has 0 N–H and O–H groups in total. The number of hydrogen-bond acceptors (Lipinski definition) is 2. The van der Waals surface area contributed by atoms with E-state index >= 15 is 0 Å². The van der Waals surface area contributed by atoms with Crippen molar-refractivity contribution >= 4 is 5.91 Å². The van der Waals surface area contributed by atoms with Crippen LogP contribution in [-0.4, -0.2) is 31.0 Å². The van der Waals surface area contributed by atoms with Crippen LogP contribution >= 0.6 is 0 Å². The molecule has 1 aromatic carbocycles. The number of benzene rings is 1. The third kappa shape index (κ3) is 2.97. The summed E-state index contributed by atoms with van der Waals surface area (Å²) in [6.07, 6.45) is 6.63. The number of nitrogens with zero attached hydrogens (tertiary/aromatic N) is 1. The van der Waals surface area contributed by atoms with Crippen LogP contribution in [0.1, 0.15) is 37.7 Å². The van der Waals surface area contributed by atoms with Gasteiger partial charge in [0, 0.05) is 19.5 Å². The zero-order valence-corrected chi connectivity index (χ0v) is 12.2. The second kappa shape index (κ2) is 5.47. The highest BCUT2D eigenvalue weighted by Crippen LogP contribution is 2.52. The molecule has 0 aromatic heterocycles. The van der Waals surface area contributed by atoms with Gasteiger partial charge in [0.1, 0.15) is 5.75 Å². The van der Waals surface area contributed by atoms with Gasteiger partial charge < -0.3 is 9.64 Å². The highest BCUT2D eigenvalue weighted by Gasteiger charge is 2.46. The van der Waals surface area contributed by atoms with E-state index in [0.717, 1.165) is 25.3 Å². The minimum Gasteiger partial charge on any atom is -0.497 e. The summed E-state index contributed by atoms with van der Waals surface area (Å²) < 4.78 is 5.14. The first kappa shape index (κ1) is 13.5. The lowest BCUT2D eigenvalue weighted by molar-refractivity contribution is -0.133. The van der Waals surface area contributed by atoms with Crippen molar-refractivity contribution in [1.82, 2.24) is 4.90 Å². The molecule has 1 heterocycles. The van der Waals surface area contributed by atoms with E-state index in [9.17, 15) is 4.79 Å². The van der Waals surface area contributed by atoms with Crippen LogP contribution in [0.15, 0.2) is 24.3 Å². The topological polar surface area (TPSA) is 29.5 Å². The maximum Gasteiger partial charge on any atom is 0.222 e. The van der Waals surface area contributed by atoms with E-state index in [1.54, 1.807) is 7.11 Å². The maximum absolute atomic E-state index is 12.3. The molecule has 0 unspecified atom stereocenters. The molecule has 1 saturated carbocycles. The van der Waals surface area contributed by atoms with E-state index in [4.69, 9.17) is 4.74 Å². The number of aryl methyl sites for hydroxylation is 1. The molecule has 20 heavy (non-hydrogen) atoms. The fourth-order valence-electron chi connectivity index (χ4n) is 3.21. The second-order valence-electron chi connectivity index (χ2n) is 6.27. The molecule has 1 saturated heterocycles. The molecule has 2 aliphatic rings. The van der Waals surface area contributed by atoms with Crippen LogP contribution < -0.4 is 4.74 Å². The third-order valence-corrected chi connectivity index (χ3v) is 4.76. The molecule has 3 heteroatoms. The smallest absolute Gasteiger partial charge is 0.222 e. The molecule has 0 radical (unpaired) electrons. The predicted molar refractivity (Wildman–Crippen MR) is 78.8 cm³/mol. The Labute approximate surface area is 120 Å². The van der Waals surface area contributed by atoms with Crippen molar-refractivity contribution in [3.63, 3.8) is 0 Å². The van der Waals surface area contributed by atoms with E-state index < -0.39 is 0 Å². The summed E-state index contributed by atoms with van der Waals surface area (Å²) in [4.78, 5) is 14.4. The first-order chi connectivity index (χ1) is 9.71. The average molecular weight is 273 g/mol. The molecule has 1 spiro atoms. The van der Waals surface area contributed by atoms with Crippen molar-refractivity contribution < 1.29 is 9.53 Å². The Bertz CT molecular complexity index is 476. The largest absolute Gasteiger partial charge is 0.497 e. The first-order valence-corrected chi connectivity index (χ1v) is 7.62. The fourth-order valence-corrected chi connectivity index (χ4v) is 3.21. The summed E-state index contributed by atoms with van der Waals surface area (Å²) in [5.74, 6) is 1.19. The van der Waals surface area contributed by atoms with Gasteiger partial charge in [0.15, 0.2) is 0 Å². The number of amides is 1. The van der Waals surface area contributed by atoms with Gasteiger partial charge in [0.25, 0.3) is 0 Å². The molecule has 3 rings (SSSR count). The van der Waals surface area contributed by atoms with Crippen molar-refractivity contribution in [3.8, 4) is 5.75 Å². The number of methoxy groups -OCH3 is 1. The van der Waals surface area contributed by atoms with Gasteiger partial charge in [-0.15, -0.1) is 0 Å². The molecule has 0 atom stereocenters. The van der Waals surface area contributed by atoms with E-state index in [2.05, 4.69) is 4.90 Å². The van der Waals surface area contributed by atoms with Crippen LogP contribution in [0.4, 0.5) is 0 Å². The summed E-state index contributed by atoms with van der Waals surface area (Å²) in [7, 11) is 1.67. The number of carbonyl (C=O) groups is 1. The Morgan fingerprint density at radius 3 is 2.65 bits per heavy atom. The van der Waals surface area contributed by atoms with Gasteiger partial charge in [-0.2, -0.15) is 0 Å².